The number of hydrogen-bond acceptors (Lipinski definition) is 3. The van der Waals surface area contributed by atoms with E-state index in [1.54, 1.807) is 0 Å². The van der Waals surface area contributed by atoms with E-state index in [0.29, 0.717) is 12.6 Å². The molecule has 0 radical (unpaired) electrons. The van der Waals surface area contributed by atoms with Crippen LogP contribution in [-0.2, 0) is 11.3 Å². The number of benzene rings is 1. The van der Waals surface area contributed by atoms with Crippen LogP contribution in [0.2, 0.25) is 0 Å². The summed E-state index contributed by atoms with van der Waals surface area (Å²) in [5, 5.41) is 6.43. The summed E-state index contributed by atoms with van der Waals surface area (Å²) < 4.78 is 0. The van der Waals surface area contributed by atoms with Crippen LogP contribution < -0.4 is 10.6 Å². The molecule has 2 N–H and O–H groups in total. The fourth-order valence-electron chi connectivity index (χ4n) is 3.23. The zero-order valence-electron chi connectivity index (χ0n) is 13.4. The van der Waals surface area contributed by atoms with Crippen LogP contribution in [0.15, 0.2) is 30.3 Å². The molecule has 2 unspecified atom stereocenters. The topological polar surface area (TPSA) is 44.4 Å². The lowest BCUT2D eigenvalue weighted by Gasteiger charge is -2.20. The molecule has 22 heavy (non-hydrogen) atoms. The van der Waals surface area contributed by atoms with Crippen LogP contribution in [0.1, 0.15) is 31.7 Å². The number of amides is 1. The van der Waals surface area contributed by atoms with Crippen LogP contribution >= 0.6 is 0 Å². The normalized spacial score (nSPS) is 25.3. The summed E-state index contributed by atoms with van der Waals surface area (Å²) in [5.74, 6) is 0.958. The van der Waals surface area contributed by atoms with Crippen molar-refractivity contribution < 1.29 is 4.79 Å². The predicted molar refractivity (Wildman–Crippen MR) is 88.5 cm³/mol. The molecule has 1 amide bonds. The van der Waals surface area contributed by atoms with Crippen molar-refractivity contribution in [2.45, 2.75) is 44.8 Å². The van der Waals surface area contributed by atoms with E-state index in [1.807, 2.05) is 0 Å². The largest absolute Gasteiger partial charge is 0.351 e. The fourth-order valence-corrected chi connectivity index (χ4v) is 3.23. The van der Waals surface area contributed by atoms with Crippen molar-refractivity contribution in [3.8, 4) is 0 Å². The molecule has 1 aromatic rings. The highest BCUT2D eigenvalue weighted by atomic mass is 16.2. The van der Waals surface area contributed by atoms with Crippen LogP contribution in [0.4, 0.5) is 0 Å². The van der Waals surface area contributed by atoms with Crippen molar-refractivity contribution in [1.29, 1.82) is 0 Å². The highest BCUT2D eigenvalue weighted by Gasteiger charge is 2.29. The van der Waals surface area contributed by atoms with Gasteiger partial charge in [0.15, 0.2) is 0 Å². The van der Waals surface area contributed by atoms with Crippen LogP contribution in [0.3, 0.4) is 0 Å². The maximum Gasteiger partial charge on any atom is 0.234 e. The molecule has 0 aromatic heterocycles. The van der Waals surface area contributed by atoms with Gasteiger partial charge in [-0.1, -0.05) is 30.3 Å². The number of hydrogen-bond donors (Lipinski definition) is 2. The third-order valence-electron chi connectivity index (χ3n) is 4.71. The van der Waals surface area contributed by atoms with Crippen LogP contribution in [0.5, 0.6) is 0 Å². The number of carbonyl (C=O) groups excluding carboxylic acids is 1. The molecule has 120 valence electrons. The van der Waals surface area contributed by atoms with E-state index in [1.165, 1.54) is 18.4 Å². The molecule has 1 saturated heterocycles. The predicted octanol–water partition coefficient (Wildman–Crippen LogP) is 1.77. The van der Waals surface area contributed by atoms with Crippen molar-refractivity contribution in [2.24, 2.45) is 5.92 Å². The van der Waals surface area contributed by atoms with Gasteiger partial charge in [0.2, 0.25) is 5.91 Å². The van der Waals surface area contributed by atoms with Crippen LogP contribution in [0.25, 0.3) is 0 Å². The molecule has 1 aliphatic heterocycles. The second-order valence-corrected chi connectivity index (χ2v) is 6.84. The van der Waals surface area contributed by atoms with E-state index in [4.69, 9.17) is 0 Å². The average molecular weight is 301 g/mol. The van der Waals surface area contributed by atoms with E-state index in [9.17, 15) is 4.79 Å². The molecule has 1 heterocycles. The Labute approximate surface area is 133 Å². The van der Waals surface area contributed by atoms with Crippen LogP contribution in [0, 0.1) is 5.92 Å². The Kier molecular flexibility index (Phi) is 5.11. The van der Waals surface area contributed by atoms with E-state index in [0.717, 1.165) is 32.0 Å². The zero-order chi connectivity index (χ0) is 15.4. The first kappa shape index (κ1) is 15.5. The zero-order valence-corrected chi connectivity index (χ0v) is 13.4. The summed E-state index contributed by atoms with van der Waals surface area (Å²) in [6.07, 6.45) is 3.69. The number of nitrogens with one attached hydrogen (secondary N) is 2. The molecule has 4 nitrogen and oxygen atoms in total. The Morgan fingerprint density at radius 1 is 1.27 bits per heavy atom. The van der Waals surface area contributed by atoms with E-state index in [-0.39, 0.29) is 11.9 Å². The standard InChI is InChI=1S/C18H27N3O/c1-14-9-17(20-18(22)11-19-10-15-7-8-15)13-21(14)12-16-5-3-2-4-6-16/h2-6,14-15,17,19H,7-13H2,1H3,(H,20,22). The Morgan fingerprint density at radius 3 is 2.77 bits per heavy atom. The first-order valence-corrected chi connectivity index (χ1v) is 8.49. The van der Waals surface area contributed by atoms with Gasteiger partial charge in [-0.25, -0.2) is 0 Å². The Hall–Kier alpha value is -1.39. The lowest BCUT2D eigenvalue weighted by molar-refractivity contribution is -0.120. The first-order chi connectivity index (χ1) is 10.7. The number of likely N-dealkylation sites (tertiary alicyclic amines) is 1. The third-order valence-corrected chi connectivity index (χ3v) is 4.71. The average Bonchev–Trinajstić information content (AvgIpc) is 3.25. The maximum absolute atomic E-state index is 12.0. The molecule has 1 saturated carbocycles. The molecular weight excluding hydrogens is 274 g/mol. The second kappa shape index (κ2) is 7.25. The van der Waals surface area contributed by atoms with Gasteiger partial charge in [0.1, 0.15) is 0 Å². The smallest absolute Gasteiger partial charge is 0.234 e. The summed E-state index contributed by atoms with van der Waals surface area (Å²) in [6.45, 7) is 5.62. The molecular formula is C18H27N3O. The summed E-state index contributed by atoms with van der Waals surface area (Å²) in [6, 6.07) is 11.4. The van der Waals surface area contributed by atoms with Gasteiger partial charge in [0.25, 0.3) is 0 Å². The number of carbonyl (C=O) groups is 1. The number of rotatable bonds is 7. The summed E-state index contributed by atoms with van der Waals surface area (Å²) >= 11 is 0. The van der Waals surface area contributed by atoms with E-state index >= 15 is 0 Å². The molecule has 2 fully saturated rings. The SMILES string of the molecule is CC1CC(NC(=O)CNCC2CC2)CN1Cc1ccccc1. The van der Waals surface area contributed by atoms with Gasteiger partial charge in [0.05, 0.1) is 6.54 Å². The molecule has 1 aromatic carbocycles. The first-order valence-electron chi connectivity index (χ1n) is 8.49. The van der Waals surface area contributed by atoms with Crippen molar-refractivity contribution in [3.63, 3.8) is 0 Å². The van der Waals surface area contributed by atoms with Crippen molar-refractivity contribution >= 4 is 5.91 Å². The molecule has 0 bridgehead atoms. The Bertz CT molecular complexity index is 486. The molecule has 2 atom stereocenters. The van der Waals surface area contributed by atoms with Gasteiger partial charge < -0.3 is 10.6 Å². The van der Waals surface area contributed by atoms with Crippen LogP contribution in [-0.4, -0.2) is 42.5 Å². The van der Waals surface area contributed by atoms with Crippen molar-refractivity contribution in [2.75, 3.05) is 19.6 Å². The molecule has 4 heteroatoms. The minimum Gasteiger partial charge on any atom is -0.351 e. The lowest BCUT2D eigenvalue weighted by Crippen LogP contribution is -2.42. The highest BCUT2D eigenvalue weighted by Crippen LogP contribution is 2.27. The number of nitrogens with zero attached hydrogens (tertiary/aromatic N) is 1. The summed E-state index contributed by atoms with van der Waals surface area (Å²) in [7, 11) is 0. The van der Waals surface area contributed by atoms with Gasteiger partial charge >= 0.3 is 0 Å². The molecule has 2 aliphatic rings. The van der Waals surface area contributed by atoms with Crippen molar-refractivity contribution in [3.05, 3.63) is 35.9 Å². The van der Waals surface area contributed by atoms with Gasteiger partial charge in [-0.3, -0.25) is 9.69 Å². The van der Waals surface area contributed by atoms with Gasteiger partial charge in [-0.05, 0) is 44.2 Å². The van der Waals surface area contributed by atoms with Gasteiger partial charge in [-0.15, -0.1) is 0 Å². The summed E-state index contributed by atoms with van der Waals surface area (Å²) in [4.78, 5) is 14.4. The van der Waals surface area contributed by atoms with E-state index < -0.39 is 0 Å². The lowest BCUT2D eigenvalue weighted by atomic mass is 10.2. The molecule has 3 rings (SSSR count). The third kappa shape index (κ3) is 4.55. The van der Waals surface area contributed by atoms with E-state index in [2.05, 4.69) is 52.8 Å². The monoisotopic (exact) mass is 301 g/mol. The fraction of sp³-hybridized carbons (Fsp3) is 0.611. The quantitative estimate of drug-likeness (QED) is 0.807. The maximum atomic E-state index is 12.0. The minimum atomic E-state index is 0.138. The highest BCUT2D eigenvalue weighted by molar-refractivity contribution is 5.78. The second-order valence-electron chi connectivity index (χ2n) is 6.84. The Balaban J connectivity index is 1.40. The summed E-state index contributed by atoms with van der Waals surface area (Å²) in [5.41, 5.74) is 1.34. The minimum absolute atomic E-state index is 0.138. The van der Waals surface area contributed by atoms with Gasteiger partial charge in [-0.2, -0.15) is 0 Å². The van der Waals surface area contributed by atoms with Crippen molar-refractivity contribution in [1.82, 2.24) is 15.5 Å². The molecule has 1 aliphatic carbocycles. The Morgan fingerprint density at radius 2 is 2.05 bits per heavy atom. The molecule has 0 spiro atoms. The van der Waals surface area contributed by atoms with Gasteiger partial charge in [0, 0.05) is 25.2 Å².